The second-order valence-electron chi connectivity index (χ2n) is 3.96. The van der Waals surface area contributed by atoms with E-state index in [1.54, 1.807) is 0 Å². The van der Waals surface area contributed by atoms with Gasteiger partial charge in [-0.25, -0.2) is 0 Å². The highest BCUT2D eigenvalue weighted by atomic mass is 15.1. The summed E-state index contributed by atoms with van der Waals surface area (Å²) in [6.45, 7) is 5.93. The summed E-state index contributed by atoms with van der Waals surface area (Å²) in [5.74, 6) is 0.848. The lowest BCUT2D eigenvalue weighted by Gasteiger charge is -2.41. The van der Waals surface area contributed by atoms with Crippen LogP contribution in [0.4, 0.5) is 0 Å². The molecule has 9 heavy (non-hydrogen) atoms. The van der Waals surface area contributed by atoms with Gasteiger partial charge in [0.15, 0.2) is 0 Å². The molecule has 2 rings (SSSR count). The molecule has 52 valence electrons. The third-order valence-electron chi connectivity index (χ3n) is 2.89. The molecule has 0 aromatic rings. The van der Waals surface area contributed by atoms with Gasteiger partial charge >= 0.3 is 0 Å². The van der Waals surface area contributed by atoms with Crippen molar-refractivity contribution in [2.24, 2.45) is 11.3 Å². The molecule has 0 bridgehead atoms. The summed E-state index contributed by atoms with van der Waals surface area (Å²) in [5, 5.41) is 3.50. The third kappa shape index (κ3) is 0.644. The van der Waals surface area contributed by atoms with Crippen molar-refractivity contribution < 1.29 is 0 Å². The molecule has 0 aromatic heterocycles. The first-order valence-corrected chi connectivity index (χ1v) is 3.98. The fourth-order valence-electron chi connectivity index (χ4n) is 2.10. The molecule has 1 saturated heterocycles. The molecule has 0 unspecified atom stereocenters. The Hall–Kier alpha value is -0.0400. The van der Waals surface area contributed by atoms with Gasteiger partial charge in [0.2, 0.25) is 0 Å². The second-order valence-corrected chi connectivity index (χ2v) is 3.96. The van der Waals surface area contributed by atoms with E-state index >= 15 is 0 Å². The average molecular weight is 125 g/mol. The Morgan fingerprint density at radius 1 is 1.44 bits per heavy atom. The van der Waals surface area contributed by atoms with Crippen LogP contribution in [0.25, 0.3) is 0 Å². The van der Waals surface area contributed by atoms with E-state index in [0.29, 0.717) is 0 Å². The van der Waals surface area contributed by atoms with E-state index in [1.165, 1.54) is 19.4 Å². The molecule has 1 aliphatic heterocycles. The maximum atomic E-state index is 3.50. The van der Waals surface area contributed by atoms with Crippen molar-refractivity contribution >= 4 is 0 Å². The van der Waals surface area contributed by atoms with Crippen LogP contribution in [-0.4, -0.2) is 12.6 Å². The smallest absolute Gasteiger partial charge is 0.0159 e. The summed E-state index contributed by atoms with van der Waals surface area (Å²) in [7, 11) is 0. The zero-order chi connectivity index (χ0) is 6.48. The molecule has 0 aromatic carbocycles. The average Bonchev–Trinajstić information content (AvgIpc) is 2.37. The summed E-state index contributed by atoms with van der Waals surface area (Å²) >= 11 is 0. The van der Waals surface area contributed by atoms with Crippen molar-refractivity contribution in [3.05, 3.63) is 0 Å². The van der Waals surface area contributed by atoms with Crippen LogP contribution < -0.4 is 5.32 Å². The molecule has 1 saturated carbocycles. The highest BCUT2D eigenvalue weighted by Gasteiger charge is 2.56. The van der Waals surface area contributed by atoms with Crippen LogP contribution in [0.3, 0.4) is 0 Å². The predicted octanol–water partition coefficient (Wildman–Crippen LogP) is 1.39. The van der Waals surface area contributed by atoms with Crippen molar-refractivity contribution in [1.82, 2.24) is 5.32 Å². The molecule has 1 heterocycles. The monoisotopic (exact) mass is 125 g/mol. The van der Waals surface area contributed by atoms with Gasteiger partial charge in [-0.3, -0.25) is 0 Å². The minimum atomic E-state index is 0.800. The third-order valence-corrected chi connectivity index (χ3v) is 2.89. The molecule has 2 aliphatic rings. The number of nitrogens with one attached hydrogen (secondary N) is 1. The predicted molar refractivity (Wildman–Crippen MR) is 38.3 cm³/mol. The summed E-state index contributed by atoms with van der Waals surface area (Å²) in [6.07, 6.45) is 2.98. The summed E-state index contributed by atoms with van der Waals surface area (Å²) < 4.78 is 0. The van der Waals surface area contributed by atoms with Crippen LogP contribution in [0.2, 0.25) is 0 Å². The Bertz CT molecular complexity index is 125. The van der Waals surface area contributed by atoms with Crippen molar-refractivity contribution in [3.8, 4) is 0 Å². The van der Waals surface area contributed by atoms with Crippen LogP contribution in [0.1, 0.15) is 26.7 Å². The molecule has 1 aliphatic carbocycles. The van der Waals surface area contributed by atoms with Gasteiger partial charge in [0.25, 0.3) is 0 Å². The first-order valence-electron chi connectivity index (χ1n) is 3.98. The van der Waals surface area contributed by atoms with Crippen LogP contribution in [0.5, 0.6) is 0 Å². The summed E-state index contributed by atoms with van der Waals surface area (Å²) in [4.78, 5) is 0. The number of hydrogen-bond donors (Lipinski definition) is 1. The molecular formula is C8H15N. The van der Waals surface area contributed by atoms with E-state index in [1.807, 2.05) is 0 Å². The molecule has 1 nitrogen and oxygen atoms in total. The van der Waals surface area contributed by atoms with Gasteiger partial charge in [-0.1, -0.05) is 13.8 Å². The number of rotatable bonds is 1. The maximum Gasteiger partial charge on any atom is 0.0159 e. The molecule has 2 fully saturated rings. The molecular weight excluding hydrogens is 110 g/mol. The van der Waals surface area contributed by atoms with Crippen molar-refractivity contribution in [3.63, 3.8) is 0 Å². The highest BCUT2D eigenvalue weighted by molar-refractivity contribution is 5.11. The Morgan fingerprint density at radius 3 is 2.22 bits per heavy atom. The Kier molecular flexibility index (Phi) is 0.963. The highest BCUT2D eigenvalue weighted by Crippen LogP contribution is 2.54. The lowest BCUT2D eigenvalue weighted by Crippen LogP contribution is -2.57. The zero-order valence-electron chi connectivity index (χ0n) is 6.28. The van der Waals surface area contributed by atoms with Crippen LogP contribution >= 0.6 is 0 Å². The first-order chi connectivity index (χ1) is 4.25. The van der Waals surface area contributed by atoms with Gasteiger partial charge in [0.05, 0.1) is 0 Å². The molecule has 1 atom stereocenters. The van der Waals surface area contributed by atoms with E-state index in [2.05, 4.69) is 19.2 Å². The number of hydrogen-bond acceptors (Lipinski definition) is 1. The molecule has 1 heteroatoms. The second kappa shape index (κ2) is 1.51. The van der Waals surface area contributed by atoms with Gasteiger partial charge in [-0.15, -0.1) is 0 Å². The van der Waals surface area contributed by atoms with E-state index in [9.17, 15) is 0 Å². The van der Waals surface area contributed by atoms with Crippen LogP contribution in [0.15, 0.2) is 0 Å². The molecule has 1 spiro atoms. The van der Waals surface area contributed by atoms with Gasteiger partial charge < -0.3 is 5.32 Å². The fraction of sp³-hybridized carbons (Fsp3) is 1.00. The maximum absolute atomic E-state index is 3.50. The molecule has 1 N–H and O–H groups in total. The van der Waals surface area contributed by atoms with Crippen LogP contribution in [-0.2, 0) is 0 Å². The van der Waals surface area contributed by atoms with E-state index in [-0.39, 0.29) is 0 Å². The lowest BCUT2D eigenvalue weighted by molar-refractivity contribution is 0.155. The summed E-state index contributed by atoms with van der Waals surface area (Å²) in [6, 6.07) is 0.859. The SMILES string of the molecule is CC(C)[C@H]1NCC12CC2. The van der Waals surface area contributed by atoms with Gasteiger partial charge in [-0.05, 0) is 24.2 Å². The lowest BCUT2D eigenvalue weighted by atomic mass is 9.81. The molecule has 0 amide bonds. The largest absolute Gasteiger partial charge is 0.313 e. The Morgan fingerprint density at radius 2 is 2.11 bits per heavy atom. The van der Waals surface area contributed by atoms with E-state index < -0.39 is 0 Å². The van der Waals surface area contributed by atoms with Crippen LogP contribution in [0, 0.1) is 11.3 Å². The first kappa shape index (κ1) is 5.72. The van der Waals surface area contributed by atoms with Crippen molar-refractivity contribution in [1.29, 1.82) is 0 Å². The minimum Gasteiger partial charge on any atom is -0.313 e. The topological polar surface area (TPSA) is 12.0 Å². The quantitative estimate of drug-likeness (QED) is 0.558. The van der Waals surface area contributed by atoms with Crippen molar-refractivity contribution in [2.45, 2.75) is 32.7 Å². The van der Waals surface area contributed by atoms with Gasteiger partial charge in [0, 0.05) is 12.6 Å². The minimum absolute atomic E-state index is 0.800. The Labute approximate surface area is 56.8 Å². The fourth-order valence-corrected chi connectivity index (χ4v) is 2.10. The van der Waals surface area contributed by atoms with Gasteiger partial charge in [0.1, 0.15) is 0 Å². The Balaban J connectivity index is 1.99. The summed E-state index contributed by atoms with van der Waals surface area (Å²) in [5.41, 5.74) is 0.800. The normalized spacial score (nSPS) is 37.0. The zero-order valence-corrected chi connectivity index (χ0v) is 6.28. The van der Waals surface area contributed by atoms with E-state index in [4.69, 9.17) is 0 Å². The standard InChI is InChI=1S/C8H15N/c1-6(2)7-8(3-4-8)5-9-7/h6-7,9H,3-5H2,1-2H3/t7-/m1/s1. The molecule has 0 radical (unpaired) electrons. The van der Waals surface area contributed by atoms with Crippen molar-refractivity contribution in [2.75, 3.05) is 6.54 Å². The van der Waals surface area contributed by atoms with Gasteiger partial charge in [-0.2, -0.15) is 0 Å². The van der Waals surface area contributed by atoms with E-state index in [0.717, 1.165) is 17.4 Å².